The molecule has 0 fully saturated rings. The van der Waals surface area contributed by atoms with E-state index < -0.39 is 5.91 Å². The highest BCUT2D eigenvalue weighted by atomic mass is 79.9. The number of hydrogen-bond donors (Lipinski definition) is 1. The number of carbonyl (C=O) groups is 2. The van der Waals surface area contributed by atoms with Crippen molar-refractivity contribution in [3.05, 3.63) is 34.3 Å². The van der Waals surface area contributed by atoms with Crippen LogP contribution in [0.3, 0.4) is 0 Å². The van der Waals surface area contributed by atoms with Crippen molar-refractivity contribution in [2.24, 2.45) is 11.7 Å². The molecule has 110 valence electrons. The lowest BCUT2D eigenvalue weighted by atomic mass is 10.1. The lowest BCUT2D eigenvalue weighted by molar-refractivity contribution is -0.135. The molecule has 0 aliphatic heterocycles. The summed E-state index contributed by atoms with van der Waals surface area (Å²) in [5.74, 6) is -0.497. The molecule has 6 heteroatoms. The largest absolute Gasteiger partial charge is 0.368 e. The number of halogens is 2. The molecule has 2 amide bonds. The third-order valence-electron chi connectivity index (χ3n) is 2.77. The van der Waals surface area contributed by atoms with Crippen molar-refractivity contribution in [2.45, 2.75) is 25.2 Å². The Kier molecular flexibility index (Phi) is 6.68. The average molecular weight is 406 g/mol. The van der Waals surface area contributed by atoms with Crippen LogP contribution in [0, 0.1) is 5.92 Å². The molecular formula is C14H18Br2N2O2. The van der Waals surface area contributed by atoms with E-state index in [1.807, 2.05) is 38.1 Å². The molecule has 0 aliphatic carbocycles. The maximum Gasteiger partial charge on any atom is 0.237 e. The molecule has 20 heavy (non-hydrogen) atoms. The molecule has 0 aliphatic rings. The van der Waals surface area contributed by atoms with Crippen LogP contribution in [0.2, 0.25) is 0 Å². The zero-order valence-electron chi connectivity index (χ0n) is 11.5. The highest BCUT2D eigenvalue weighted by Gasteiger charge is 2.25. The second-order valence-corrected chi connectivity index (χ2v) is 6.84. The van der Waals surface area contributed by atoms with Crippen molar-refractivity contribution in [1.29, 1.82) is 0 Å². The molecule has 1 rings (SSSR count). The number of primary amides is 1. The van der Waals surface area contributed by atoms with Gasteiger partial charge in [-0.05, 0) is 23.6 Å². The van der Waals surface area contributed by atoms with Crippen molar-refractivity contribution >= 4 is 43.7 Å². The molecule has 0 radical (unpaired) electrons. The van der Waals surface area contributed by atoms with Crippen LogP contribution in [-0.4, -0.2) is 28.1 Å². The number of amides is 2. The Morgan fingerprint density at radius 1 is 1.25 bits per heavy atom. The minimum atomic E-state index is -0.515. The van der Waals surface area contributed by atoms with E-state index in [0.717, 1.165) is 10.0 Å². The number of carbonyl (C=O) groups excluding carboxylic acids is 2. The summed E-state index contributed by atoms with van der Waals surface area (Å²) in [6, 6.07) is 7.61. The smallest absolute Gasteiger partial charge is 0.237 e. The van der Waals surface area contributed by atoms with E-state index >= 15 is 0 Å². The first-order valence-electron chi connectivity index (χ1n) is 6.27. The zero-order chi connectivity index (χ0) is 15.3. The van der Waals surface area contributed by atoms with Crippen LogP contribution in [0.4, 0.5) is 0 Å². The molecule has 0 heterocycles. The van der Waals surface area contributed by atoms with Crippen LogP contribution in [0.5, 0.6) is 0 Å². The first-order valence-corrected chi connectivity index (χ1v) is 7.97. The summed E-state index contributed by atoms with van der Waals surface area (Å²) in [6.45, 7) is 4.17. The van der Waals surface area contributed by atoms with Gasteiger partial charge in [0.05, 0.1) is 11.4 Å². The van der Waals surface area contributed by atoms with E-state index in [4.69, 9.17) is 5.73 Å². The Labute approximate surface area is 136 Å². The van der Waals surface area contributed by atoms with Crippen molar-refractivity contribution in [3.8, 4) is 0 Å². The first-order chi connectivity index (χ1) is 9.31. The zero-order valence-corrected chi connectivity index (χ0v) is 14.6. The van der Waals surface area contributed by atoms with Gasteiger partial charge >= 0.3 is 0 Å². The Morgan fingerprint density at radius 2 is 1.80 bits per heavy atom. The van der Waals surface area contributed by atoms with Gasteiger partial charge < -0.3 is 10.6 Å². The van der Waals surface area contributed by atoms with Gasteiger partial charge in [0.2, 0.25) is 11.8 Å². The molecule has 1 unspecified atom stereocenters. The fourth-order valence-corrected chi connectivity index (χ4v) is 2.22. The van der Waals surface area contributed by atoms with E-state index in [1.54, 1.807) is 0 Å². The Balaban J connectivity index is 2.86. The topological polar surface area (TPSA) is 63.4 Å². The molecule has 2 N–H and O–H groups in total. The third-order valence-corrected chi connectivity index (χ3v) is 4.74. The van der Waals surface area contributed by atoms with E-state index in [2.05, 4.69) is 31.9 Å². The second-order valence-electron chi connectivity index (χ2n) is 4.93. The van der Waals surface area contributed by atoms with Gasteiger partial charge in [-0.2, -0.15) is 0 Å². The van der Waals surface area contributed by atoms with Gasteiger partial charge in [0.1, 0.15) is 0 Å². The number of rotatable bonds is 6. The van der Waals surface area contributed by atoms with Gasteiger partial charge in [0.25, 0.3) is 0 Å². The van der Waals surface area contributed by atoms with E-state index in [9.17, 15) is 9.59 Å². The Morgan fingerprint density at radius 3 is 2.25 bits per heavy atom. The van der Waals surface area contributed by atoms with Crippen molar-refractivity contribution in [2.75, 3.05) is 6.54 Å². The molecular weight excluding hydrogens is 388 g/mol. The Hall–Kier alpha value is -0.880. The molecule has 4 nitrogen and oxygen atoms in total. The van der Waals surface area contributed by atoms with Gasteiger partial charge in [-0.15, -0.1) is 0 Å². The molecule has 0 saturated heterocycles. The van der Waals surface area contributed by atoms with Gasteiger partial charge in [0.15, 0.2) is 0 Å². The van der Waals surface area contributed by atoms with Crippen LogP contribution >= 0.6 is 31.9 Å². The number of benzene rings is 1. The van der Waals surface area contributed by atoms with Crippen LogP contribution in [0.25, 0.3) is 0 Å². The molecule has 1 aromatic carbocycles. The third kappa shape index (κ3) is 5.25. The molecule has 0 aromatic heterocycles. The summed E-state index contributed by atoms with van der Waals surface area (Å²) in [5, 5.41) is 0. The quantitative estimate of drug-likeness (QED) is 0.739. The van der Waals surface area contributed by atoms with Crippen LogP contribution in [-0.2, 0) is 16.1 Å². The SMILES string of the molecule is CC(C)C(Br)C(=O)N(CC(N)=O)Cc1ccc(Br)cc1. The lowest BCUT2D eigenvalue weighted by Gasteiger charge is -2.25. The fourth-order valence-electron chi connectivity index (χ4n) is 1.67. The number of nitrogens with two attached hydrogens (primary N) is 1. The molecule has 1 aromatic rings. The Bertz CT molecular complexity index is 475. The van der Waals surface area contributed by atoms with Gasteiger partial charge in [-0.1, -0.05) is 57.8 Å². The van der Waals surface area contributed by atoms with Crippen LogP contribution < -0.4 is 5.73 Å². The van der Waals surface area contributed by atoms with Crippen LogP contribution in [0.15, 0.2) is 28.7 Å². The summed E-state index contributed by atoms with van der Waals surface area (Å²) in [6.07, 6.45) is 0. The van der Waals surface area contributed by atoms with Gasteiger partial charge in [-0.25, -0.2) is 0 Å². The highest BCUT2D eigenvalue weighted by molar-refractivity contribution is 9.10. The van der Waals surface area contributed by atoms with Crippen molar-refractivity contribution in [3.63, 3.8) is 0 Å². The van der Waals surface area contributed by atoms with Crippen molar-refractivity contribution < 1.29 is 9.59 Å². The van der Waals surface area contributed by atoms with Gasteiger partial charge in [0, 0.05) is 11.0 Å². The summed E-state index contributed by atoms with van der Waals surface area (Å²) in [5.41, 5.74) is 6.18. The monoisotopic (exact) mass is 404 g/mol. The molecule has 0 bridgehead atoms. The van der Waals surface area contributed by atoms with E-state index in [1.165, 1.54) is 4.90 Å². The minimum Gasteiger partial charge on any atom is -0.368 e. The average Bonchev–Trinajstić information content (AvgIpc) is 2.38. The molecule has 1 atom stereocenters. The number of nitrogens with zero attached hydrogens (tertiary/aromatic N) is 1. The summed E-state index contributed by atoms with van der Waals surface area (Å²) in [7, 11) is 0. The standard InChI is InChI=1S/C14H18Br2N2O2/c1-9(2)13(16)14(20)18(8-12(17)19)7-10-3-5-11(15)6-4-10/h3-6,9,13H,7-8H2,1-2H3,(H2,17,19). The van der Waals surface area contributed by atoms with E-state index in [-0.39, 0.29) is 23.2 Å². The van der Waals surface area contributed by atoms with Crippen LogP contribution in [0.1, 0.15) is 19.4 Å². The second kappa shape index (κ2) is 7.78. The summed E-state index contributed by atoms with van der Waals surface area (Å²) in [4.78, 5) is 24.7. The molecule has 0 saturated carbocycles. The predicted molar refractivity (Wildman–Crippen MR) is 86.3 cm³/mol. The predicted octanol–water partition coefficient (Wildman–Crippen LogP) is 2.68. The lowest BCUT2D eigenvalue weighted by Crippen LogP contribution is -2.43. The maximum absolute atomic E-state index is 12.4. The van der Waals surface area contributed by atoms with Crippen molar-refractivity contribution in [1.82, 2.24) is 4.90 Å². The summed E-state index contributed by atoms with van der Waals surface area (Å²) >= 11 is 6.73. The van der Waals surface area contributed by atoms with E-state index in [0.29, 0.717) is 6.54 Å². The highest BCUT2D eigenvalue weighted by Crippen LogP contribution is 2.18. The van der Waals surface area contributed by atoms with Gasteiger partial charge in [-0.3, -0.25) is 9.59 Å². The molecule has 0 spiro atoms. The fraction of sp³-hybridized carbons (Fsp3) is 0.429. The number of alkyl halides is 1. The number of hydrogen-bond acceptors (Lipinski definition) is 2. The summed E-state index contributed by atoms with van der Waals surface area (Å²) < 4.78 is 0.967. The maximum atomic E-state index is 12.4. The minimum absolute atomic E-state index is 0.0796. The first kappa shape index (κ1) is 17.2. The normalized spacial score (nSPS) is 12.2.